The zero-order chi connectivity index (χ0) is 11.8. The van der Waals surface area contributed by atoms with Crippen LogP contribution in [0, 0.1) is 5.41 Å². The van der Waals surface area contributed by atoms with Gasteiger partial charge in [0, 0.05) is 16.4 Å². The highest BCUT2D eigenvalue weighted by molar-refractivity contribution is 5.80. The van der Waals surface area contributed by atoms with Gasteiger partial charge in [-0.25, -0.2) is 4.57 Å². The van der Waals surface area contributed by atoms with Crippen molar-refractivity contribution in [1.29, 1.82) is 0 Å². The number of aromatic amines is 1. The maximum Gasteiger partial charge on any atom is 0.266 e. The Kier molecular flexibility index (Phi) is 2.69. The van der Waals surface area contributed by atoms with Crippen molar-refractivity contribution in [3.05, 3.63) is 12.2 Å². The summed E-state index contributed by atoms with van der Waals surface area (Å²) >= 11 is 0. The molecule has 0 saturated heterocycles. The van der Waals surface area contributed by atoms with Crippen LogP contribution in [0.3, 0.4) is 0 Å². The van der Waals surface area contributed by atoms with Crippen molar-refractivity contribution in [1.82, 2.24) is 15.5 Å². The molecule has 1 fully saturated rings. The average molecular weight is 223 g/mol. The molecule has 0 radical (unpaired) electrons. The Morgan fingerprint density at radius 1 is 1.62 bits per heavy atom. The lowest BCUT2D eigenvalue weighted by atomic mass is 9.96. The minimum atomic E-state index is -0.343. The molecular weight excluding hydrogens is 204 g/mol. The van der Waals surface area contributed by atoms with Crippen molar-refractivity contribution < 1.29 is 9.36 Å². The quantitative estimate of drug-likeness (QED) is 0.741. The number of nitrogens with zero attached hydrogens (tertiary/aromatic N) is 2. The first-order valence-corrected chi connectivity index (χ1v) is 5.69. The molecule has 0 aromatic carbocycles. The van der Waals surface area contributed by atoms with Crippen LogP contribution in [0.4, 0.5) is 0 Å². The van der Waals surface area contributed by atoms with Gasteiger partial charge in [-0.1, -0.05) is 20.8 Å². The number of rotatable bonds is 3. The van der Waals surface area contributed by atoms with E-state index in [9.17, 15) is 4.79 Å². The van der Waals surface area contributed by atoms with Crippen molar-refractivity contribution in [2.45, 2.75) is 46.2 Å². The molecule has 0 unspecified atom stereocenters. The molecule has 5 heteroatoms. The molecule has 1 aliphatic rings. The van der Waals surface area contributed by atoms with E-state index < -0.39 is 0 Å². The minimum absolute atomic E-state index is 0.0583. The summed E-state index contributed by atoms with van der Waals surface area (Å²) in [6.45, 7) is 6.22. The van der Waals surface area contributed by atoms with Gasteiger partial charge in [0.2, 0.25) is 11.7 Å². The smallest absolute Gasteiger partial charge is 0.266 e. The highest BCUT2D eigenvalue weighted by Crippen LogP contribution is 2.36. The largest absolute Gasteiger partial charge is 0.325 e. The second-order valence-corrected chi connectivity index (χ2v) is 5.40. The highest BCUT2D eigenvalue weighted by Gasteiger charge is 2.32. The van der Waals surface area contributed by atoms with Crippen molar-refractivity contribution in [2.75, 3.05) is 0 Å². The van der Waals surface area contributed by atoms with Crippen LogP contribution in [0.1, 0.15) is 45.4 Å². The summed E-state index contributed by atoms with van der Waals surface area (Å²) < 4.78 is 1.97. The van der Waals surface area contributed by atoms with Gasteiger partial charge in [0.05, 0.1) is 0 Å². The predicted molar refractivity (Wildman–Crippen MR) is 58.4 cm³/mol. The van der Waals surface area contributed by atoms with Gasteiger partial charge in [0.25, 0.3) is 6.33 Å². The van der Waals surface area contributed by atoms with Gasteiger partial charge in [-0.2, -0.15) is 0 Å². The van der Waals surface area contributed by atoms with E-state index in [1.807, 2.05) is 25.3 Å². The first kappa shape index (κ1) is 11.1. The summed E-state index contributed by atoms with van der Waals surface area (Å²) in [5.41, 5.74) is -0.343. The Labute approximate surface area is 95.2 Å². The molecule has 16 heavy (non-hydrogen) atoms. The molecule has 1 amide bonds. The zero-order valence-electron chi connectivity index (χ0n) is 10.1. The van der Waals surface area contributed by atoms with Crippen molar-refractivity contribution in [3.63, 3.8) is 0 Å². The lowest BCUT2D eigenvalue weighted by Gasteiger charge is -2.16. The number of nitrogens with one attached hydrogen (secondary N) is 2. The molecule has 0 aliphatic heterocycles. The van der Waals surface area contributed by atoms with E-state index in [-0.39, 0.29) is 11.3 Å². The van der Waals surface area contributed by atoms with Gasteiger partial charge in [0.1, 0.15) is 6.67 Å². The van der Waals surface area contributed by atoms with Crippen LogP contribution in [0.25, 0.3) is 0 Å². The number of hydrogen-bond donors (Lipinski definition) is 2. The van der Waals surface area contributed by atoms with Gasteiger partial charge >= 0.3 is 0 Å². The van der Waals surface area contributed by atoms with E-state index in [0.717, 1.165) is 5.82 Å². The van der Waals surface area contributed by atoms with E-state index in [1.54, 1.807) is 6.33 Å². The molecule has 2 rings (SSSR count). The van der Waals surface area contributed by atoms with Crippen molar-refractivity contribution >= 4 is 5.91 Å². The van der Waals surface area contributed by atoms with Crippen LogP contribution < -0.4 is 9.88 Å². The Morgan fingerprint density at radius 3 is 2.88 bits per heavy atom. The van der Waals surface area contributed by atoms with Crippen molar-refractivity contribution in [2.24, 2.45) is 5.41 Å². The number of amides is 1. The predicted octanol–water partition coefficient (Wildman–Crippen LogP) is 0.694. The molecule has 1 aromatic rings. The standard InChI is InChI=1S/C11H18N4O/c1-11(2,3)10(16)12-6-15-7-13-14-9(15)8-4-5-8/h7-8H,4-6H2,1-3H3,(H,12,16)/p+1. The van der Waals surface area contributed by atoms with E-state index in [1.165, 1.54) is 12.8 Å². The SMILES string of the molecule is CC(C)(C)C(=O)NC[n+]1cn[nH]c1C1CC1. The molecule has 2 N–H and O–H groups in total. The van der Waals surface area contributed by atoms with Gasteiger partial charge in [-0.3, -0.25) is 4.79 Å². The zero-order valence-corrected chi connectivity index (χ0v) is 10.1. The number of hydrogen-bond acceptors (Lipinski definition) is 2. The van der Waals surface area contributed by atoms with Crippen LogP contribution in [0.5, 0.6) is 0 Å². The van der Waals surface area contributed by atoms with E-state index in [4.69, 9.17) is 0 Å². The molecule has 0 bridgehead atoms. The lowest BCUT2D eigenvalue weighted by molar-refractivity contribution is -0.707. The van der Waals surface area contributed by atoms with E-state index >= 15 is 0 Å². The normalized spacial score (nSPS) is 16.2. The Hall–Kier alpha value is -1.39. The maximum absolute atomic E-state index is 11.7. The second-order valence-electron chi connectivity index (χ2n) is 5.40. The topological polar surface area (TPSA) is 61.7 Å². The molecule has 5 nitrogen and oxygen atoms in total. The fourth-order valence-electron chi connectivity index (χ4n) is 1.52. The molecule has 1 aliphatic carbocycles. The van der Waals surface area contributed by atoms with Crippen LogP contribution in [0.15, 0.2) is 6.33 Å². The minimum Gasteiger partial charge on any atom is -0.325 e. The molecule has 0 spiro atoms. The number of carbonyl (C=O) groups is 1. The maximum atomic E-state index is 11.7. The molecule has 88 valence electrons. The third-order valence-electron chi connectivity index (χ3n) is 2.74. The summed E-state index contributed by atoms with van der Waals surface area (Å²) in [4.78, 5) is 11.7. The van der Waals surface area contributed by atoms with Gasteiger partial charge < -0.3 is 5.32 Å². The van der Waals surface area contributed by atoms with E-state index in [2.05, 4.69) is 15.5 Å². The molecular formula is C11H19N4O+. The average Bonchev–Trinajstić information content (AvgIpc) is 2.93. The molecule has 0 atom stereocenters. The monoisotopic (exact) mass is 223 g/mol. The Bertz CT molecular complexity index is 387. The van der Waals surface area contributed by atoms with Crippen molar-refractivity contribution in [3.8, 4) is 0 Å². The summed E-state index contributed by atoms with van der Waals surface area (Å²) in [6, 6.07) is 0. The lowest BCUT2D eigenvalue weighted by Crippen LogP contribution is -2.47. The molecule has 1 aromatic heterocycles. The van der Waals surface area contributed by atoms with Gasteiger partial charge in [0.15, 0.2) is 0 Å². The van der Waals surface area contributed by atoms with Crippen LogP contribution in [-0.4, -0.2) is 16.1 Å². The summed E-state index contributed by atoms with van der Waals surface area (Å²) in [5.74, 6) is 1.78. The first-order valence-electron chi connectivity index (χ1n) is 5.69. The third-order valence-corrected chi connectivity index (χ3v) is 2.74. The first-order chi connectivity index (χ1) is 7.48. The van der Waals surface area contributed by atoms with Crippen LogP contribution in [-0.2, 0) is 11.5 Å². The Balaban J connectivity index is 1.94. The molecule has 1 saturated carbocycles. The van der Waals surface area contributed by atoms with Crippen LogP contribution >= 0.6 is 0 Å². The number of aromatic nitrogens is 3. The molecule has 1 heterocycles. The summed E-state index contributed by atoms with van der Waals surface area (Å²) in [5, 5.41) is 9.91. The number of carbonyl (C=O) groups excluding carboxylic acids is 1. The third kappa shape index (κ3) is 2.40. The Morgan fingerprint density at radius 2 is 2.31 bits per heavy atom. The summed E-state index contributed by atoms with van der Waals surface area (Å²) in [6.07, 6.45) is 4.17. The highest BCUT2D eigenvalue weighted by atomic mass is 16.2. The van der Waals surface area contributed by atoms with Gasteiger partial charge in [-0.05, 0) is 12.8 Å². The summed E-state index contributed by atoms with van der Waals surface area (Å²) in [7, 11) is 0. The van der Waals surface area contributed by atoms with Crippen LogP contribution in [0.2, 0.25) is 0 Å². The second kappa shape index (κ2) is 3.88. The van der Waals surface area contributed by atoms with Gasteiger partial charge in [-0.15, -0.1) is 5.10 Å². The number of H-pyrrole nitrogens is 1. The van der Waals surface area contributed by atoms with E-state index in [0.29, 0.717) is 12.6 Å². The fourth-order valence-corrected chi connectivity index (χ4v) is 1.52. The fraction of sp³-hybridized carbons (Fsp3) is 0.727.